The van der Waals surface area contributed by atoms with E-state index < -0.39 is 0 Å². The van der Waals surface area contributed by atoms with Gasteiger partial charge in [0, 0.05) is 17.7 Å². The number of ether oxygens (including phenoxy) is 1. The van der Waals surface area contributed by atoms with E-state index in [9.17, 15) is 4.79 Å². The van der Waals surface area contributed by atoms with Crippen LogP contribution in [0.3, 0.4) is 0 Å². The number of carbonyl (C=O) groups excluding carboxylic acids is 1. The third kappa shape index (κ3) is 11.4. The van der Waals surface area contributed by atoms with Crippen LogP contribution < -0.4 is 5.32 Å². The summed E-state index contributed by atoms with van der Waals surface area (Å²) in [6, 6.07) is 0. The van der Waals surface area contributed by atoms with Gasteiger partial charge < -0.3 is 10.1 Å². The van der Waals surface area contributed by atoms with Crippen LogP contribution in [0.4, 0.5) is 0 Å². The largest absolute Gasteiger partial charge is 0.493 e. The minimum absolute atomic E-state index is 0.288. The number of Topliss-reactive ketones (excluding diaryl/α,β-unsaturated/α-hetero) is 1. The Bertz CT molecular complexity index is 884. The summed E-state index contributed by atoms with van der Waals surface area (Å²) in [6.45, 7) is 14.7. The molecular weight excluding hydrogens is 466 g/mol. The van der Waals surface area contributed by atoms with Gasteiger partial charge >= 0.3 is 0 Å². The zero-order valence-electron chi connectivity index (χ0n) is 25.6. The first kappa shape index (κ1) is 32.2. The summed E-state index contributed by atoms with van der Waals surface area (Å²) < 4.78 is 6.57. The molecule has 1 N–H and O–H groups in total. The van der Waals surface area contributed by atoms with Gasteiger partial charge in [-0.3, -0.25) is 4.79 Å². The van der Waals surface area contributed by atoms with Gasteiger partial charge in [0.05, 0.1) is 13.2 Å². The van der Waals surface area contributed by atoms with Gasteiger partial charge in [-0.25, -0.2) is 0 Å². The Morgan fingerprint density at radius 2 is 1.84 bits per heavy atom. The van der Waals surface area contributed by atoms with Crippen LogP contribution in [0.15, 0.2) is 58.1 Å². The molecule has 0 aliphatic heterocycles. The standard InChI is InChI=1S/C35H57NO2/c1-7-10-24-38-35-28(6)25-32(36-26-33(37)15-8-2)18-13-14-19-34(35)31-17-12-11-16-30(21-20-27(4)5)29(9-3)22-23-31/h16-17,19,25,27,29,36H,7-15,18,20-24,26H2,1-6H3/b30-16-,31-17?,32-25+,34-19?,35-28?. The molecule has 2 aliphatic rings. The van der Waals surface area contributed by atoms with E-state index >= 15 is 0 Å². The molecule has 0 saturated heterocycles. The van der Waals surface area contributed by atoms with Crippen molar-refractivity contribution in [3.8, 4) is 0 Å². The van der Waals surface area contributed by atoms with Crippen LogP contribution >= 0.6 is 0 Å². The molecule has 0 aromatic heterocycles. The highest BCUT2D eigenvalue weighted by Crippen LogP contribution is 2.35. The second-order valence-electron chi connectivity index (χ2n) is 11.7. The molecular formula is C35H57NO2. The maximum Gasteiger partial charge on any atom is 0.151 e. The van der Waals surface area contributed by atoms with E-state index in [1.54, 1.807) is 5.57 Å². The number of carbonyl (C=O) groups is 1. The van der Waals surface area contributed by atoms with E-state index in [2.05, 4.69) is 71.2 Å². The van der Waals surface area contributed by atoms with Crippen molar-refractivity contribution < 1.29 is 9.53 Å². The summed E-state index contributed by atoms with van der Waals surface area (Å²) in [5.41, 5.74) is 6.81. The Balaban J connectivity index is 2.33. The fourth-order valence-corrected chi connectivity index (χ4v) is 5.53. The third-order valence-corrected chi connectivity index (χ3v) is 7.88. The van der Waals surface area contributed by atoms with Crippen LogP contribution in [0.5, 0.6) is 0 Å². The topological polar surface area (TPSA) is 38.3 Å². The van der Waals surface area contributed by atoms with Gasteiger partial charge in [-0.2, -0.15) is 0 Å². The summed E-state index contributed by atoms with van der Waals surface area (Å²) in [5, 5.41) is 3.46. The Morgan fingerprint density at radius 3 is 2.55 bits per heavy atom. The lowest BCUT2D eigenvalue weighted by atomic mass is 9.85. The van der Waals surface area contributed by atoms with Crippen molar-refractivity contribution in [3.63, 3.8) is 0 Å². The molecule has 0 amide bonds. The van der Waals surface area contributed by atoms with Crippen molar-refractivity contribution in [3.05, 3.63) is 58.1 Å². The zero-order valence-corrected chi connectivity index (χ0v) is 25.6. The Labute approximate surface area is 235 Å². The summed E-state index contributed by atoms with van der Waals surface area (Å²) in [5.74, 6) is 2.77. The molecule has 0 heterocycles. The monoisotopic (exact) mass is 523 g/mol. The molecule has 2 aliphatic carbocycles. The molecule has 0 saturated carbocycles. The first-order chi connectivity index (χ1) is 18.4. The van der Waals surface area contributed by atoms with E-state index in [1.807, 2.05) is 0 Å². The Kier molecular flexibility index (Phi) is 15.5. The van der Waals surface area contributed by atoms with Crippen molar-refractivity contribution in [1.29, 1.82) is 0 Å². The van der Waals surface area contributed by atoms with E-state index in [-0.39, 0.29) is 5.78 Å². The van der Waals surface area contributed by atoms with E-state index in [0.29, 0.717) is 18.9 Å². The molecule has 0 aromatic carbocycles. The van der Waals surface area contributed by atoms with Gasteiger partial charge in [0.15, 0.2) is 5.78 Å². The van der Waals surface area contributed by atoms with Crippen molar-refractivity contribution in [2.24, 2.45) is 11.8 Å². The molecule has 3 nitrogen and oxygen atoms in total. The third-order valence-electron chi connectivity index (χ3n) is 7.88. The molecule has 0 fully saturated rings. The molecule has 214 valence electrons. The normalized spacial score (nSPS) is 22.3. The summed E-state index contributed by atoms with van der Waals surface area (Å²) >= 11 is 0. The van der Waals surface area contributed by atoms with Gasteiger partial charge in [0.25, 0.3) is 0 Å². The van der Waals surface area contributed by atoms with Crippen molar-refractivity contribution >= 4 is 5.78 Å². The van der Waals surface area contributed by atoms with Crippen molar-refractivity contribution in [2.45, 2.75) is 131 Å². The lowest BCUT2D eigenvalue weighted by Gasteiger charge is -2.22. The number of ketones is 1. The predicted octanol–water partition coefficient (Wildman–Crippen LogP) is 9.92. The number of hydrogen-bond donors (Lipinski definition) is 1. The van der Waals surface area contributed by atoms with Gasteiger partial charge in [0.1, 0.15) is 5.76 Å². The SMILES string of the molecule is CCCCOC1=C(C)/C=C(/NCC(=O)CCC)CCCC=C1C1=CCC/C=C(/CCC(C)C)C(CC)CC1. The molecule has 38 heavy (non-hydrogen) atoms. The maximum absolute atomic E-state index is 12.2. The number of hydrogen-bond acceptors (Lipinski definition) is 3. The molecule has 3 heteroatoms. The van der Waals surface area contributed by atoms with E-state index in [0.717, 1.165) is 81.8 Å². The zero-order chi connectivity index (χ0) is 27.8. The van der Waals surface area contributed by atoms with Gasteiger partial charge in [-0.15, -0.1) is 0 Å². The van der Waals surface area contributed by atoms with Gasteiger partial charge in [-0.1, -0.05) is 64.8 Å². The number of nitrogens with one attached hydrogen (secondary N) is 1. The fourth-order valence-electron chi connectivity index (χ4n) is 5.53. The van der Waals surface area contributed by atoms with Crippen molar-refractivity contribution in [1.82, 2.24) is 5.32 Å². The smallest absolute Gasteiger partial charge is 0.151 e. The molecule has 0 aromatic rings. The molecule has 0 bridgehead atoms. The van der Waals surface area contributed by atoms with Crippen LogP contribution in [-0.4, -0.2) is 18.9 Å². The van der Waals surface area contributed by atoms with Crippen LogP contribution in [0.2, 0.25) is 0 Å². The second-order valence-corrected chi connectivity index (χ2v) is 11.7. The van der Waals surface area contributed by atoms with E-state index in [1.165, 1.54) is 42.4 Å². The number of allylic oxidation sites excluding steroid dienone is 8. The average Bonchev–Trinajstić information content (AvgIpc) is 3.03. The summed E-state index contributed by atoms with van der Waals surface area (Å²) in [6.07, 6.45) is 24.9. The van der Waals surface area contributed by atoms with Crippen molar-refractivity contribution in [2.75, 3.05) is 13.2 Å². The first-order valence-corrected chi connectivity index (χ1v) is 15.8. The van der Waals surface area contributed by atoms with Crippen LogP contribution in [0, 0.1) is 11.8 Å². The Hall–Kier alpha value is -2.03. The predicted molar refractivity (Wildman–Crippen MR) is 164 cm³/mol. The van der Waals surface area contributed by atoms with Gasteiger partial charge in [-0.05, 0) is 113 Å². The molecule has 0 radical (unpaired) electrons. The lowest BCUT2D eigenvalue weighted by molar-refractivity contribution is -0.118. The Morgan fingerprint density at radius 1 is 1.05 bits per heavy atom. The molecule has 0 spiro atoms. The summed E-state index contributed by atoms with van der Waals surface area (Å²) in [4.78, 5) is 12.2. The highest BCUT2D eigenvalue weighted by Gasteiger charge is 2.20. The van der Waals surface area contributed by atoms with Crippen LogP contribution in [0.1, 0.15) is 131 Å². The summed E-state index contributed by atoms with van der Waals surface area (Å²) in [7, 11) is 0. The lowest BCUT2D eigenvalue weighted by Crippen LogP contribution is -2.22. The highest BCUT2D eigenvalue weighted by atomic mass is 16.5. The minimum atomic E-state index is 0.288. The van der Waals surface area contributed by atoms with E-state index in [4.69, 9.17) is 4.74 Å². The molecule has 1 unspecified atom stereocenters. The van der Waals surface area contributed by atoms with Crippen LogP contribution in [-0.2, 0) is 9.53 Å². The number of unbranched alkanes of at least 4 members (excludes halogenated alkanes) is 1. The minimum Gasteiger partial charge on any atom is -0.493 e. The molecule has 1 atom stereocenters. The average molecular weight is 524 g/mol. The molecule has 2 rings (SSSR count). The van der Waals surface area contributed by atoms with Gasteiger partial charge in [0.2, 0.25) is 0 Å². The van der Waals surface area contributed by atoms with Crippen LogP contribution in [0.25, 0.3) is 0 Å². The number of rotatable bonds is 14. The quantitative estimate of drug-likeness (QED) is 0.182. The first-order valence-electron chi connectivity index (χ1n) is 15.8. The highest BCUT2D eigenvalue weighted by molar-refractivity contribution is 5.80. The second kappa shape index (κ2) is 18.3. The maximum atomic E-state index is 12.2. The fraction of sp³-hybridized carbons (Fsp3) is 0.686.